The number of aromatic amines is 1. The molecule has 1 aliphatic heterocycles. The van der Waals surface area contributed by atoms with Crippen molar-refractivity contribution in [3.63, 3.8) is 0 Å². The number of imidazole rings is 1. The molecule has 1 N–H and O–H groups in total. The molecule has 0 aliphatic carbocycles. The molecule has 16 heavy (non-hydrogen) atoms. The average Bonchev–Trinajstić information content (AvgIpc) is 2.96. The highest BCUT2D eigenvalue weighted by atomic mass is 16.3. The Morgan fingerprint density at radius 2 is 2.25 bits per heavy atom. The lowest BCUT2D eigenvalue weighted by atomic mass is 10.3. The van der Waals surface area contributed by atoms with Crippen molar-refractivity contribution >= 4 is 11.7 Å². The molecule has 1 aliphatic rings. The summed E-state index contributed by atoms with van der Waals surface area (Å²) in [5, 5.41) is 2.77. The summed E-state index contributed by atoms with van der Waals surface area (Å²) >= 11 is 0. The lowest BCUT2D eigenvalue weighted by molar-refractivity contribution is -0.694. The Morgan fingerprint density at radius 3 is 2.88 bits per heavy atom. The van der Waals surface area contributed by atoms with Crippen molar-refractivity contribution in [2.75, 3.05) is 13.1 Å². The van der Waals surface area contributed by atoms with Crippen LogP contribution >= 0.6 is 0 Å². The monoisotopic (exact) mass is 223 g/mol. The van der Waals surface area contributed by atoms with Crippen LogP contribution in [0.3, 0.4) is 0 Å². The number of likely N-dealkylation sites (tertiary alicyclic amines) is 1. The van der Waals surface area contributed by atoms with Crippen molar-refractivity contribution in [3.8, 4) is 0 Å². The first-order valence-corrected chi connectivity index (χ1v) is 5.48. The van der Waals surface area contributed by atoms with Gasteiger partial charge in [-0.3, -0.25) is 4.79 Å². The largest absolute Gasteiger partial charge is 0.343 e. The molecule has 6 nitrogen and oxygen atoms in total. The highest BCUT2D eigenvalue weighted by molar-refractivity contribution is 5.76. The second-order valence-electron chi connectivity index (χ2n) is 3.95. The van der Waals surface area contributed by atoms with E-state index >= 15 is 0 Å². The summed E-state index contributed by atoms with van der Waals surface area (Å²) in [4.78, 5) is 26.5. The van der Waals surface area contributed by atoms with Gasteiger partial charge in [-0.25, -0.2) is 9.55 Å². The number of hydrogen-bond acceptors (Lipinski definition) is 3. The first-order valence-electron chi connectivity index (χ1n) is 5.48. The van der Waals surface area contributed by atoms with Gasteiger partial charge in [-0.1, -0.05) is 0 Å². The van der Waals surface area contributed by atoms with Gasteiger partial charge in [0.15, 0.2) is 6.20 Å². The van der Waals surface area contributed by atoms with Crippen molar-refractivity contribution in [1.29, 1.82) is 0 Å². The van der Waals surface area contributed by atoms with Crippen LogP contribution < -0.4 is 4.57 Å². The number of carbonyl (C=O) groups is 1. The molecular formula is C10H15N4O2+. The summed E-state index contributed by atoms with van der Waals surface area (Å²) in [7, 11) is 0. The molecule has 0 saturated carbocycles. The zero-order chi connectivity index (χ0) is 11.4. The van der Waals surface area contributed by atoms with Crippen molar-refractivity contribution in [2.45, 2.75) is 25.8 Å². The van der Waals surface area contributed by atoms with E-state index in [4.69, 9.17) is 0 Å². The minimum atomic E-state index is 0.187. The van der Waals surface area contributed by atoms with Gasteiger partial charge in [0.25, 0.3) is 5.82 Å². The van der Waals surface area contributed by atoms with Crippen molar-refractivity contribution in [3.05, 3.63) is 17.4 Å². The fourth-order valence-electron chi connectivity index (χ4n) is 1.91. The van der Waals surface area contributed by atoms with Gasteiger partial charge >= 0.3 is 0 Å². The molecule has 0 atom stereocenters. The van der Waals surface area contributed by atoms with E-state index < -0.39 is 0 Å². The minimum Gasteiger partial charge on any atom is -0.343 e. The average molecular weight is 223 g/mol. The summed E-state index contributed by atoms with van der Waals surface area (Å²) in [5.74, 6) is 0.473. The number of rotatable bonds is 4. The lowest BCUT2D eigenvalue weighted by Gasteiger charge is -2.13. The molecule has 6 heteroatoms. The van der Waals surface area contributed by atoms with Crippen LogP contribution in [0.15, 0.2) is 17.7 Å². The van der Waals surface area contributed by atoms with Crippen LogP contribution in [0.2, 0.25) is 0 Å². The Kier molecular flexibility index (Phi) is 3.28. The number of aromatic nitrogens is 2. The maximum atomic E-state index is 11.7. The van der Waals surface area contributed by atoms with Crippen LogP contribution in [0.5, 0.6) is 0 Å². The molecule has 0 aromatic carbocycles. The Labute approximate surface area is 93.2 Å². The summed E-state index contributed by atoms with van der Waals surface area (Å²) in [6.07, 6.45) is 5.95. The molecule has 0 unspecified atom stereocenters. The molecule has 0 spiro atoms. The predicted octanol–water partition coefficient (Wildman–Crippen LogP) is 0.713. The highest BCUT2D eigenvalue weighted by Gasteiger charge is 2.18. The van der Waals surface area contributed by atoms with Gasteiger partial charge in [0.1, 0.15) is 0 Å². The van der Waals surface area contributed by atoms with Gasteiger partial charge in [0.2, 0.25) is 12.2 Å². The van der Waals surface area contributed by atoms with Crippen LogP contribution in [-0.2, 0) is 11.3 Å². The zero-order valence-electron chi connectivity index (χ0n) is 9.06. The maximum Gasteiger partial charge on any atom is 0.298 e. The van der Waals surface area contributed by atoms with E-state index in [1.807, 2.05) is 4.90 Å². The third-order valence-corrected chi connectivity index (χ3v) is 2.81. The Morgan fingerprint density at radius 1 is 1.50 bits per heavy atom. The molecule has 1 aromatic heterocycles. The van der Waals surface area contributed by atoms with Crippen LogP contribution in [0.4, 0.5) is 5.82 Å². The second-order valence-corrected chi connectivity index (χ2v) is 3.95. The summed E-state index contributed by atoms with van der Waals surface area (Å²) in [5.41, 5.74) is 0. The molecule has 1 fully saturated rings. The molecule has 0 bridgehead atoms. The summed E-state index contributed by atoms with van der Waals surface area (Å²) in [6.45, 7) is 2.36. The first-order chi connectivity index (χ1) is 7.79. The van der Waals surface area contributed by atoms with E-state index in [0.717, 1.165) is 25.9 Å². The SMILES string of the molecule is O=Nc1c[n+](CCC(=O)N2CCCC2)c[nH]1. The molecule has 1 saturated heterocycles. The van der Waals surface area contributed by atoms with Crippen LogP contribution in [0.25, 0.3) is 0 Å². The van der Waals surface area contributed by atoms with E-state index in [9.17, 15) is 9.70 Å². The third kappa shape index (κ3) is 2.44. The van der Waals surface area contributed by atoms with Gasteiger partial charge in [0, 0.05) is 18.3 Å². The molecule has 2 rings (SSSR count). The van der Waals surface area contributed by atoms with E-state index in [1.165, 1.54) is 0 Å². The van der Waals surface area contributed by atoms with E-state index in [1.54, 1.807) is 17.1 Å². The number of nitroso groups, excluding NO2 is 1. The number of carbonyl (C=O) groups excluding carboxylic acids is 1. The van der Waals surface area contributed by atoms with Crippen molar-refractivity contribution in [2.24, 2.45) is 5.18 Å². The predicted molar refractivity (Wildman–Crippen MR) is 56.9 cm³/mol. The van der Waals surface area contributed by atoms with Gasteiger partial charge in [-0.2, -0.15) is 0 Å². The lowest BCUT2D eigenvalue weighted by Crippen LogP contribution is -2.36. The fourth-order valence-corrected chi connectivity index (χ4v) is 1.91. The first kappa shape index (κ1) is 10.8. The van der Waals surface area contributed by atoms with Crippen molar-refractivity contribution in [1.82, 2.24) is 9.88 Å². The highest BCUT2D eigenvalue weighted by Crippen LogP contribution is 2.08. The third-order valence-electron chi connectivity index (χ3n) is 2.81. The number of H-pyrrole nitrogens is 1. The quantitative estimate of drug-likeness (QED) is 0.603. The second kappa shape index (κ2) is 4.87. The van der Waals surface area contributed by atoms with Crippen LogP contribution in [0.1, 0.15) is 19.3 Å². The number of nitrogens with one attached hydrogen (secondary N) is 1. The number of hydrogen-bond donors (Lipinski definition) is 1. The smallest absolute Gasteiger partial charge is 0.298 e. The van der Waals surface area contributed by atoms with Gasteiger partial charge in [-0.05, 0) is 12.8 Å². The Hall–Kier alpha value is -1.72. The van der Waals surface area contributed by atoms with E-state index in [-0.39, 0.29) is 11.7 Å². The minimum absolute atomic E-state index is 0.187. The van der Waals surface area contributed by atoms with Gasteiger partial charge in [0.05, 0.1) is 13.0 Å². The summed E-state index contributed by atoms with van der Waals surface area (Å²) < 4.78 is 1.77. The van der Waals surface area contributed by atoms with Gasteiger partial charge < -0.3 is 4.90 Å². The normalized spacial score (nSPS) is 15.4. The molecule has 0 radical (unpaired) electrons. The van der Waals surface area contributed by atoms with E-state index in [2.05, 4.69) is 10.2 Å². The number of amides is 1. The summed E-state index contributed by atoms with van der Waals surface area (Å²) in [6, 6.07) is 0. The van der Waals surface area contributed by atoms with Crippen LogP contribution in [0, 0.1) is 4.91 Å². The number of aryl methyl sites for hydroxylation is 1. The Bertz CT molecular complexity index is 382. The molecular weight excluding hydrogens is 208 g/mol. The molecule has 1 aromatic rings. The number of nitrogens with zero attached hydrogens (tertiary/aromatic N) is 3. The van der Waals surface area contributed by atoms with Crippen molar-refractivity contribution < 1.29 is 9.36 Å². The van der Waals surface area contributed by atoms with Crippen LogP contribution in [-0.4, -0.2) is 28.9 Å². The topological polar surface area (TPSA) is 69.4 Å². The molecule has 86 valence electrons. The van der Waals surface area contributed by atoms with E-state index in [0.29, 0.717) is 13.0 Å². The Balaban J connectivity index is 1.82. The standard InChI is InChI=1S/C10H14N4O2/c15-10(14-4-1-2-5-14)3-6-13-7-9(12-16)11-8-13/h7-8H,1-6H2/p+1. The molecule has 1 amide bonds. The maximum absolute atomic E-state index is 11.7. The van der Waals surface area contributed by atoms with Gasteiger partial charge in [-0.15, -0.1) is 4.91 Å². The molecule has 2 heterocycles. The fraction of sp³-hybridized carbons (Fsp3) is 0.600. The zero-order valence-corrected chi connectivity index (χ0v) is 9.06.